The van der Waals surface area contributed by atoms with Gasteiger partial charge in [0.2, 0.25) is 5.91 Å². The van der Waals surface area contributed by atoms with Gasteiger partial charge in [0.25, 0.3) is 0 Å². The minimum Gasteiger partial charge on any atom is -0.478 e. The summed E-state index contributed by atoms with van der Waals surface area (Å²) in [4.78, 5) is 22.8. The van der Waals surface area contributed by atoms with E-state index in [1.165, 1.54) is 13.2 Å². The molecule has 1 unspecified atom stereocenters. The molecule has 1 aromatic carbocycles. The van der Waals surface area contributed by atoms with Crippen LogP contribution in [-0.4, -0.2) is 36.7 Å². The van der Waals surface area contributed by atoms with Crippen molar-refractivity contribution >= 4 is 17.6 Å². The number of aromatic carboxylic acids is 1. The third-order valence-electron chi connectivity index (χ3n) is 2.79. The van der Waals surface area contributed by atoms with E-state index in [-0.39, 0.29) is 11.5 Å². The quantitative estimate of drug-likeness (QED) is 0.712. The highest BCUT2D eigenvalue weighted by atomic mass is 16.5. The molecule has 1 aromatic rings. The van der Waals surface area contributed by atoms with Crippen LogP contribution in [-0.2, 0) is 9.53 Å². The van der Waals surface area contributed by atoms with Crippen LogP contribution in [0.4, 0.5) is 5.69 Å². The molecule has 19 heavy (non-hydrogen) atoms. The van der Waals surface area contributed by atoms with Gasteiger partial charge in [0.1, 0.15) is 0 Å². The van der Waals surface area contributed by atoms with Crippen LogP contribution in [0.3, 0.4) is 0 Å². The number of carboxylic acids is 1. The third-order valence-corrected chi connectivity index (χ3v) is 2.79. The van der Waals surface area contributed by atoms with Crippen LogP contribution < -0.4 is 11.1 Å². The van der Waals surface area contributed by atoms with Gasteiger partial charge in [-0.15, -0.1) is 0 Å². The van der Waals surface area contributed by atoms with E-state index in [1.807, 2.05) is 0 Å². The van der Waals surface area contributed by atoms with Crippen molar-refractivity contribution in [1.82, 2.24) is 0 Å². The molecule has 1 amide bonds. The fourth-order valence-corrected chi connectivity index (χ4v) is 1.60. The molecule has 1 atom stereocenters. The van der Waals surface area contributed by atoms with E-state index in [4.69, 9.17) is 15.6 Å². The van der Waals surface area contributed by atoms with Crippen LogP contribution in [0.2, 0.25) is 0 Å². The lowest BCUT2D eigenvalue weighted by atomic mass is 10.1. The molecule has 1 rings (SSSR count). The number of rotatable bonds is 6. The fourth-order valence-electron chi connectivity index (χ4n) is 1.60. The van der Waals surface area contributed by atoms with Gasteiger partial charge >= 0.3 is 5.97 Å². The van der Waals surface area contributed by atoms with Crippen LogP contribution in [0.25, 0.3) is 0 Å². The molecule has 0 spiro atoms. The zero-order valence-electron chi connectivity index (χ0n) is 11.0. The summed E-state index contributed by atoms with van der Waals surface area (Å²) in [6.45, 7) is 2.03. The topological polar surface area (TPSA) is 102 Å². The lowest BCUT2D eigenvalue weighted by Crippen LogP contribution is -2.36. The van der Waals surface area contributed by atoms with Crippen molar-refractivity contribution in [1.29, 1.82) is 0 Å². The Balaban J connectivity index is 2.80. The van der Waals surface area contributed by atoms with Crippen molar-refractivity contribution in [3.63, 3.8) is 0 Å². The lowest BCUT2D eigenvalue weighted by molar-refractivity contribution is -0.117. The van der Waals surface area contributed by atoms with Crippen molar-refractivity contribution in [3.05, 3.63) is 29.3 Å². The molecule has 0 aliphatic carbocycles. The predicted molar refractivity (Wildman–Crippen MR) is 71.2 cm³/mol. The van der Waals surface area contributed by atoms with E-state index in [9.17, 15) is 9.59 Å². The van der Waals surface area contributed by atoms with Crippen LogP contribution in [0.5, 0.6) is 0 Å². The van der Waals surface area contributed by atoms with E-state index in [0.29, 0.717) is 24.3 Å². The number of hydrogen-bond acceptors (Lipinski definition) is 4. The van der Waals surface area contributed by atoms with E-state index < -0.39 is 12.0 Å². The lowest BCUT2D eigenvalue weighted by Gasteiger charge is -2.14. The Labute approximate surface area is 111 Å². The minimum absolute atomic E-state index is 0.156. The minimum atomic E-state index is -1.03. The summed E-state index contributed by atoms with van der Waals surface area (Å²) >= 11 is 0. The number of nitrogens with two attached hydrogens (primary N) is 1. The Morgan fingerprint density at radius 2 is 2.16 bits per heavy atom. The highest BCUT2D eigenvalue weighted by Gasteiger charge is 2.16. The summed E-state index contributed by atoms with van der Waals surface area (Å²) in [7, 11) is 1.53. The van der Waals surface area contributed by atoms with Gasteiger partial charge in [-0.3, -0.25) is 4.79 Å². The molecule has 0 bridgehead atoms. The van der Waals surface area contributed by atoms with Crippen molar-refractivity contribution in [2.45, 2.75) is 19.4 Å². The summed E-state index contributed by atoms with van der Waals surface area (Å²) in [6, 6.07) is 4.01. The monoisotopic (exact) mass is 266 g/mol. The van der Waals surface area contributed by atoms with Crippen LogP contribution in [0.1, 0.15) is 22.3 Å². The molecule has 6 heteroatoms. The van der Waals surface area contributed by atoms with Crippen molar-refractivity contribution in [2.24, 2.45) is 5.73 Å². The first-order valence-electron chi connectivity index (χ1n) is 5.85. The van der Waals surface area contributed by atoms with Gasteiger partial charge < -0.3 is 20.9 Å². The van der Waals surface area contributed by atoms with Gasteiger partial charge in [-0.2, -0.15) is 0 Å². The summed E-state index contributed by atoms with van der Waals surface area (Å²) in [5.74, 6) is -1.39. The Morgan fingerprint density at radius 1 is 1.47 bits per heavy atom. The van der Waals surface area contributed by atoms with E-state index in [0.717, 1.165) is 0 Å². The molecule has 4 N–H and O–H groups in total. The molecule has 0 aromatic heterocycles. The van der Waals surface area contributed by atoms with Gasteiger partial charge in [-0.25, -0.2) is 4.79 Å². The third kappa shape index (κ3) is 4.04. The van der Waals surface area contributed by atoms with E-state index in [2.05, 4.69) is 5.32 Å². The second-order valence-corrected chi connectivity index (χ2v) is 4.16. The van der Waals surface area contributed by atoms with E-state index >= 15 is 0 Å². The smallest absolute Gasteiger partial charge is 0.336 e. The summed E-state index contributed by atoms with van der Waals surface area (Å²) in [6.07, 6.45) is 0.403. The number of ether oxygens (including phenoxy) is 1. The predicted octanol–water partition coefficient (Wildman–Crippen LogP) is 0.996. The Bertz CT molecular complexity index is 474. The molecule has 0 saturated heterocycles. The van der Waals surface area contributed by atoms with Crippen LogP contribution >= 0.6 is 0 Å². The summed E-state index contributed by atoms with van der Waals surface area (Å²) < 4.78 is 4.85. The molecule has 6 nitrogen and oxygen atoms in total. The molecule has 0 radical (unpaired) electrons. The first-order valence-corrected chi connectivity index (χ1v) is 5.85. The van der Waals surface area contributed by atoms with Crippen molar-refractivity contribution < 1.29 is 19.4 Å². The molecule has 0 aliphatic rings. The zero-order chi connectivity index (χ0) is 14.4. The van der Waals surface area contributed by atoms with Crippen LogP contribution in [0, 0.1) is 6.92 Å². The van der Waals surface area contributed by atoms with Crippen molar-refractivity contribution in [2.75, 3.05) is 19.0 Å². The average molecular weight is 266 g/mol. The van der Waals surface area contributed by atoms with E-state index in [1.54, 1.807) is 19.1 Å². The molecule has 0 saturated carbocycles. The first-order chi connectivity index (χ1) is 8.97. The van der Waals surface area contributed by atoms with Gasteiger partial charge in [-0.05, 0) is 31.0 Å². The number of amides is 1. The van der Waals surface area contributed by atoms with Gasteiger partial charge in [-0.1, -0.05) is 6.07 Å². The van der Waals surface area contributed by atoms with Gasteiger partial charge in [0, 0.05) is 19.4 Å². The molecule has 0 fully saturated rings. The number of carbonyl (C=O) groups excluding carboxylic acids is 1. The Kier molecular flexibility index (Phi) is 5.47. The first kappa shape index (κ1) is 15.1. The standard InChI is InChI=1S/C13H18N2O4/c1-8-9(13(17)18)4-3-5-11(8)15-12(16)10(14)6-7-19-2/h3-5,10H,6-7,14H2,1-2H3,(H,15,16)(H,17,18). The number of carboxylic acid groups (broad SMARTS) is 1. The molecular formula is C13H18N2O4. The van der Waals surface area contributed by atoms with Gasteiger partial charge in [0.05, 0.1) is 11.6 Å². The Morgan fingerprint density at radius 3 is 2.74 bits per heavy atom. The van der Waals surface area contributed by atoms with Crippen molar-refractivity contribution in [3.8, 4) is 0 Å². The summed E-state index contributed by atoms with van der Waals surface area (Å²) in [5.41, 5.74) is 6.80. The number of hydrogen-bond donors (Lipinski definition) is 3. The number of nitrogens with one attached hydrogen (secondary N) is 1. The maximum absolute atomic E-state index is 11.8. The average Bonchev–Trinajstić information content (AvgIpc) is 2.37. The summed E-state index contributed by atoms with van der Waals surface area (Å²) in [5, 5.41) is 11.6. The Hall–Kier alpha value is -1.92. The largest absolute Gasteiger partial charge is 0.478 e. The molecular weight excluding hydrogens is 248 g/mol. The normalized spacial score (nSPS) is 11.9. The SMILES string of the molecule is COCCC(N)C(=O)Nc1cccc(C(=O)O)c1C. The second-order valence-electron chi connectivity index (χ2n) is 4.16. The maximum Gasteiger partial charge on any atom is 0.336 e. The number of methoxy groups -OCH3 is 1. The highest BCUT2D eigenvalue weighted by molar-refractivity contribution is 5.98. The number of anilines is 1. The maximum atomic E-state index is 11.8. The van der Waals surface area contributed by atoms with Crippen LogP contribution in [0.15, 0.2) is 18.2 Å². The molecule has 104 valence electrons. The molecule has 0 heterocycles. The zero-order valence-corrected chi connectivity index (χ0v) is 11.0. The fraction of sp³-hybridized carbons (Fsp3) is 0.385. The second kappa shape index (κ2) is 6.86. The number of carbonyl (C=O) groups is 2. The highest BCUT2D eigenvalue weighted by Crippen LogP contribution is 2.19. The molecule has 0 aliphatic heterocycles. The van der Waals surface area contributed by atoms with Gasteiger partial charge in [0.15, 0.2) is 0 Å². The number of benzene rings is 1.